The first-order valence-corrected chi connectivity index (χ1v) is 28.6. The summed E-state index contributed by atoms with van der Waals surface area (Å²) in [7, 11) is -11.5. The number of aliphatic hydroxyl groups is 6. The van der Waals surface area contributed by atoms with E-state index in [9.17, 15) is 68.8 Å². The van der Waals surface area contributed by atoms with E-state index in [1.807, 2.05) is 6.92 Å². The molecule has 2 bridgehead atoms. The molecule has 0 spiro atoms. The maximum absolute atomic E-state index is 13.9. The summed E-state index contributed by atoms with van der Waals surface area (Å²) < 4.78 is 52.1. The van der Waals surface area contributed by atoms with Gasteiger partial charge in [-0.3, -0.25) is 28.0 Å². The summed E-state index contributed by atoms with van der Waals surface area (Å²) in [6.45, 7) is 2.42. The Bertz CT molecular complexity index is 1830. The Balaban J connectivity index is 2.20. The lowest BCUT2D eigenvalue weighted by molar-refractivity contribution is -0.165. The van der Waals surface area contributed by atoms with E-state index < -0.39 is 120 Å². The van der Waals surface area contributed by atoms with E-state index in [4.69, 9.17) is 23.0 Å². The van der Waals surface area contributed by atoms with Gasteiger partial charge in [-0.15, -0.1) is 0 Å². The molecule has 0 aromatic carbocycles. The Morgan fingerprint density at radius 1 is 0.833 bits per heavy atom. The molecule has 9 N–H and O–H groups in total. The molecule has 1 aliphatic heterocycles. The fourth-order valence-electron chi connectivity index (χ4n) is 8.08. The van der Waals surface area contributed by atoms with Gasteiger partial charge in [-0.2, -0.15) is 0 Å². The van der Waals surface area contributed by atoms with Crippen molar-refractivity contribution in [1.82, 2.24) is 0 Å². The molecule has 0 aromatic rings. The molecular weight excluding hydrogens is 978 g/mol. The molecule has 19 nitrogen and oxygen atoms in total. The van der Waals surface area contributed by atoms with Crippen molar-refractivity contribution in [1.29, 1.82) is 0 Å². The highest BCUT2D eigenvalue weighted by Gasteiger charge is 2.51. The fourth-order valence-corrected chi connectivity index (χ4v) is 9.60. The first kappa shape index (κ1) is 65.1. The normalized spacial score (nSPS) is 30.0. The van der Waals surface area contributed by atoms with Crippen LogP contribution in [0.5, 0.6) is 0 Å². The van der Waals surface area contributed by atoms with Crippen molar-refractivity contribution < 1.29 is 91.9 Å². The second-order valence-corrected chi connectivity index (χ2v) is 20.9. The predicted octanol–water partition coefficient (Wildman–Crippen LogP) is 6.98. The van der Waals surface area contributed by atoms with Gasteiger partial charge in [0.25, 0.3) is 0 Å². The molecule has 0 amide bonds. The van der Waals surface area contributed by atoms with E-state index in [0.717, 1.165) is 89.2 Å². The SMILES string of the molecule is CC/C=C\C/C=C\C/C=C\C/C=C\CCCCCCCCC(=O)OC[C@@H]1COP(=O)(O)O[C@H]2[C@H](O)[C@@H](O)[C@H](O)[C@@H](C/C=C\CCCC(=O)O1)[C@@H](O)CC(=O)[C@H](/C=C/[C@@H](O)CCCCC)[C@@H](O)[C@H]2OP(=O)(O)O. The third-order valence-corrected chi connectivity index (χ3v) is 13.6. The molecule has 1 heterocycles. The summed E-state index contributed by atoms with van der Waals surface area (Å²) in [6, 6.07) is 0. The molecule has 1 saturated carbocycles. The number of hydrogen-bond acceptors (Lipinski definition) is 16. The predicted molar refractivity (Wildman–Crippen MR) is 270 cm³/mol. The molecule has 2 aliphatic rings. The van der Waals surface area contributed by atoms with E-state index in [1.54, 1.807) is 6.08 Å². The number of carbonyl (C=O) groups excluding carboxylic acids is 3. The zero-order valence-electron chi connectivity index (χ0n) is 42.0. The number of fused-ring (bicyclic) bond motifs is 4. The number of carbonyl (C=O) groups is 3. The van der Waals surface area contributed by atoms with Crippen LogP contribution in [-0.4, -0.2) is 131 Å². The van der Waals surface area contributed by atoms with Gasteiger partial charge in [-0.1, -0.05) is 132 Å². The standard InChI is InChI=1S/C51H84O19P2/c1-3-5-7-8-9-10-11-12-13-14-15-16-17-18-19-20-21-22-27-31-44(55)66-36-39-37-67-72(64,65)70-51-49(60)48(59)46(57)40(30-26-23-24-28-32-45(56)68-39)42(53)35-43(54)41(34-33-38(52)29-25-6-4-2)47(58)50(51)69-71(61,62)63/h5,7,9-10,12-13,15-16,23,26,33-34,38-42,46-53,57-60H,3-4,6,8,11,14,17-22,24-25,27-32,35-37H2,1-2H3,(H,64,65)(H2,61,62,63)/b7-5-,10-9-,13-12-,16-15-,26-23-,34-33+/t38-,39+,40-,41-,42-,46+,47+,48-,49+,50+,51-/m0/s1. The van der Waals surface area contributed by atoms with E-state index in [-0.39, 0.29) is 38.5 Å². The summed E-state index contributed by atoms with van der Waals surface area (Å²) in [4.78, 5) is 70.6. The fraction of sp³-hybridized carbons (Fsp3) is 0.706. The third-order valence-electron chi connectivity index (χ3n) is 12.1. The molecule has 1 fully saturated rings. The van der Waals surface area contributed by atoms with Gasteiger partial charge in [0.05, 0.1) is 36.9 Å². The number of rotatable bonds is 26. The van der Waals surface area contributed by atoms with Crippen molar-refractivity contribution >= 4 is 33.4 Å². The van der Waals surface area contributed by atoms with Crippen molar-refractivity contribution in [2.45, 2.75) is 204 Å². The monoisotopic (exact) mass is 1060 g/mol. The minimum atomic E-state index is -5.80. The van der Waals surface area contributed by atoms with Gasteiger partial charge in [-0.25, -0.2) is 9.13 Å². The highest BCUT2D eigenvalue weighted by Crippen LogP contribution is 2.49. The van der Waals surface area contributed by atoms with Gasteiger partial charge in [0.15, 0.2) is 6.10 Å². The first-order valence-electron chi connectivity index (χ1n) is 25.6. The maximum atomic E-state index is 13.9. The van der Waals surface area contributed by atoms with Crippen LogP contribution in [0.25, 0.3) is 0 Å². The number of ether oxygens (including phenoxy) is 2. The molecule has 0 saturated heterocycles. The second-order valence-electron chi connectivity index (χ2n) is 18.3. The van der Waals surface area contributed by atoms with Gasteiger partial charge in [0.2, 0.25) is 0 Å². The average Bonchev–Trinajstić information content (AvgIpc) is 3.32. The molecule has 1 unspecified atom stereocenters. The zero-order valence-corrected chi connectivity index (χ0v) is 43.8. The van der Waals surface area contributed by atoms with Crippen LogP contribution in [0.3, 0.4) is 0 Å². The molecule has 72 heavy (non-hydrogen) atoms. The van der Waals surface area contributed by atoms with Crippen LogP contribution in [0.15, 0.2) is 72.9 Å². The van der Waals surface area contributed by atoms with Crippen LogP contribution in [0, 0.1) is 11.8 Å². The molecule has 0 aromatic heterocycles. The summed E-state index contributed by atoms with van der Waals surface area (Å²) in [5.74, 6) is -5.81. The van der Waals surface area contributed by atoms with Crippen molar-refractivity contribution in [2.24, 2.45) is 11.8 Å². The summed E-state index contributed by atoms with van der Waals surface area (Å²) in [5.41, 5.74) is 0. The highest BCUT2D eigenvalue weighted by atomic mass is 31.2. The molecular formula is C51H84O19P2. The quantitative estimate of drug-likeness (QED) is 0.0182. The van der Waals surface area contributed by atoms with E-state index in [1.165, 1.54) is 6.08 Å². The van der Waals surface area contributed by atoms with Gasteiger partial charge in [0.1, 0.15) is 36.8 Å². The number of unbranched alkanes of at least 4 members (excludes halogenated alkanes) is 8. The van der Waals surface area contributed by atoms with Crippen LogP contribution in [-0.2, 0) is 46.6 Å². The van der Waals surface area contributed by atoms with Crippen LogP contribution in [0.2, 0.25) is 0 Å². The number of hydrogen-bond donors (Lipinski definition) is 9. The smallest absolute Gasteiger partial charge is 0.462 e. The lowest BCUT2D eigenvalue weighted by Gasteiger charge is -2.38. The Morgan fingerprint density at radius 2 is 1.47 bits per heavy atom. The lowest BCUT2D eigenvalue weighted by atomic mass is 9.83. The van der Waals surface area contributed by atoms with Gasteiger partial charge in [-0.05, 0) is 70.6 Å². The Morgan fingerprint density at radius 3 is 2.12 bits per heavy atom. The van der Waals surface area contributed by atoms with E-state index in [0.29, 0.717) is 12.8 Å². The Kier molecular flexibility index (Phi) is 33.4. The molecule has 2 rings (SSSR count). The summed E-state index contributed by atoms with van der Waals surface area (Å²) in [6.07, 6.45) is 14.5. The topological polar surface area (TPSA) is 314 Å². The van der Waals surface area contributed by atoms with Crippen molar-refractivity contribution in [3.05, 3.63) is 72.9 Å². The number of cyclic esters (lactones) is 1. The summed E-state index contributed by atoms with van der Waals surface area (Å²) >= 11 is 0. The van der Waals surface area contributed by atoms with E-state index in [2.05, 4.69) is 55.5 Å². The van der Waals surface area contributed by atoms with Gasteiger partial charge in [0, 0.05) is 25.2 Å². The number of allylic oxidation sites excluding steroid dienone is 10. The van der Waals surface area contributed by atoms with Crippen LogP contribution >= 0.6 is 15.6 Å². The Labute approximate surface area is 425 Å². The maximum Gasteiger partial charge on any atom is 0.472 e. The van der Waals surface area contributed by atoms with Crippen molar-refractivity contribution in [3.63, 3.8) is 0 Å². The number of ketones is 1. The molecule has 0 radical (unpaired) electrons. The van der Waals surface area contributed by atoms with Gasteiger partial charge < -0.3 is 54.8 Å². The number of Topliss-reactive ketones (excluding diaryl/α,β-unsaturated/α-hetero) is 1. The number of esters is 2. The zero-order chi connectivity index (χ0) is 53.4. The van der Waals surface area contributed by atoms with Crippen LogP contribution in [0.1, 0.15) is 149 Å². The van der Waals surface area contributed by atoms with Crippen LogP contribution in [0.4, 0.5) is 0 Å². The minimum absolute atomic E-state index is 0.0306. The Hall–Kier alpha value is -2.97. The van der Waals surface area contributed by atoms with Crippen molar-refractivity contribution in [3.8, 4) is 0 Å². The molecule has 21 heteroatoms. The van der Waals surface area contributed by atoms with E-state index >= 15 is 0 Å². The first-order chi connectivity index (χ1) is 34.3. The average molecular weight is 1060 g/mol. The largest absolute Gasteiger partial charge is 0.472 e. The van der Waals surface area contributed by atoms with Crippen LogP contribution < -0.4 is 0 Å². The third kappa shape index (κ3) is 28.1. The molecule has 12 atom stereocenters. The number of phosphoric acid groups is 2. The number of phosphoric ester groups is 2. The minimum Gasteiger partial charge on any atom is -0.462 e. The van der Waals surface area contributed by atoms with Crippen molar-refractivity contribution in [2.75, 3.05) is 13.2 Å². The lowest BCUT2D eigenvalue weighted by Crippen LogP contribution is -2.56. The highest BCUT2D eigenvalue weighted by molar-refractivity contribution is 7.47. The summed E-state index contributed by atoms with van der Waals surface area (Å²) in [5, 5.41) is 68.0. The second kappa shape index (κ2) is 36.9. The number of aliphatic hydroxyl groups excluding tert-OH is 6. The molecule has 412 valence electrons. The van der Waals surface area contributed by atoms with Gasteiger partial charge >= 0.3 is 27.6 Å². The molecule has 1 aliphatic carbocycles.